The Bertz CT molecular complexity index is 321. The number of hydrogen-bond donors (Lipinski definition) is 1. The van der Waals surface area contributed by atoms with E-state index in [-0.39, 0.29) is 18.2 Å². The van der Waals surface area contributed by atoms with Crippen molar-refractivity contribution in [1.29, 1.82) is 0 Å². The van der Waals surface area contributed by atoms with Gasteiger partial charge >= 0.3 is 0 Å². The molecule has 1 aromatic rings. The third-order valence-electron chi connectivity index (χ3n) is 2.80. The van der Waals surface area contributed by atoms with Crippen LogP contribution in [0.25, 0.3) is 0 Å². The van der Waals surface area contributed by atoms with Gasteiger partial charge in [0.25, 0.3) is 0 Å². The molecule has 0 saturated carbocycles. The summed E-state index contributed by atoms with van der Waals surface area (Å²) in [4.78, 5) is 14.9. The third kappa shape index (κ3) is 3.56. The van der Waals surface area contributed by atoms with E-state index >= 15 is 0 Å². The standard InChI is InChI=1S/C11H16N2OS.ClH/c12-9-3-5-13(6-4-9)8-10(14)11-2-1-7-15-11;/h1-2,7,9H,3-6,8,12H2;1H. The summed E-state index contributed by atoms with van der Waals surface area (Å²) in [7, 11) is 0. The molecule has 0 amide bonds. The van der Waals surface area contributed by atoms with Crippen molar-refractivity contribution in [2.45, 2.75) is 18.9 Å². The molecule has 3 nitrogen and oxygen atoms in total. The van der Waals surface area contributed by atoms with Crippen LogP contribution in [0.1, 0.15) is 22.5 Å². The zero-order chi connectivity index (χ0) is 10.7. The SMILES string of the molecule is Cl.NC1CCN(CC(=O)c2cccs2)CC1. The Hall–Kier alpha value is -0.420. The van der Waals surface area contributed by atoms with E-state index < -0.39 is 0 Å². The van der Waals surface area contributed by atoms with E-state index in [2.05, 4.69) is 4.90 Å². The monoisotopic (exact) mass is 260 g/mol. The average Bonchev–Trinajstić information content (AvgIpc) is 2.74. The summed E-state index contributed by atoms with van der Waals surface area (Å²) in [6, 6.07) is 4.14. The molecule has 0 atom stereocenters. The van der Waals surface area contributed by atoms with Gasteiger partial charge in [-0.05, 0) is 24.3 Å². The molecule has 0 bridgehead atoms. The molecular formula is C11H17ClN2OS. The van der Waals surface area contributed by atoms with Crippen molar-refractivity contribution in [3.8, 4) is 0 Å². The molecule has 1 aliphatic heterocycles. The summed E-state index contributed by atoms with van der Waals surface area (Å²) < 4.78 is 0. The quantitative estimate of drug-likeness (QED) is 0.843. The van der Waals surface area contributed by atoms with Crippen molar-refractivity contribution in [2.24, 2.45) is 5.73 Å². The van der Waals surface area contributed by atoms with Crippen molar-refractivity contribution in [2.75, 3.05) is 19.6 Å². The van der Waals surface area contributed by atoms with E-state index in [1.807, 2.05) is 17.5 Å². The van der Waals surface area contributed by atoms with Gasteiger partial charge in [0, 0.05) is 19.1 Å². The van der Waals surface area contributed by atoms with Crippen LogP contribution in [0, 0.1) is 0 Å². The second-order valence-electron chi connectivity index (χ2n) is 4.01. The maximum Gasteiger partial charge on any atom is 0.186 e. The highest BCUT2D eigenvalue weighted by molar-refractivity contribution is 7.12. The summed E-state index contributed by atoms with van der Waals surface area (Å²) in [6.45, 7) is 2.46. The molecule has 0 unspecified atom stereocenters. The predicted octanol–water partition coefficient (Wildman–Crippen LogP) is 1.78. The summed E-state index contributed by atoms with van der Waals surface area (Å²) in [5.41, 5.74) is 5.81. The number of piperidine rings is 1. The topological polar surface area (TPSA) is 46.3 Å². The Morgan fingerprint density at radius 3 is 2.75 bits per heavy atom. The smallest absolute Gasteiger partial charge is 0.186 e. The number of carbonyl (C=O) groups is 1. The van der Waals surface area contributed by atoms with Gasteiger partial charge in [0.05, 0.1) is 11.4 Å². The van der Waals surface area contributed by atoms with Crippen LogP contribution in [0.3, 0.4) is 0 Å². The number of thiophene rings is 1. The molecule has 90 valence electrons. The van der Waals surface area contributed by atoms with Gasteiger partial charge in [0.2, 0.25) is 0 Å². The molecule has 0 radical (unpaired) electrons. The first-order valence-electron chi connectivity index (χ1n) is 5.30. The Morgan fingerprint density at radius 2 is 2.19 bits per heavy atom. The highest BCUT2D eigenvalue weighted by Gasteiger charge is 2.18. The molecule has 0 aliphatic carbocycles. The maximum atomic E-state index is 11.8. The first-order valence-corrected chi connectivity index (χ1v) is 6.18. The van der Waals surface area contributed by atoms with Gasteiger partial charge in [-0.3, -0.25) is 9.69 Å². The van der Waals surface area contributed by atoms with E-state index in [9.17, 15) is 4.79 Å². The van der Waals surface area contributed by atoms with Crippen LogP contribution in [0.2, 0.25) is 0 Å². The van der Waals surface area contributed by atoms with E-state index in [0.29, 0.717) is 12.6 Å². The normalized spacial score (nSPS) is 18.1. The minimum atomic E-state index is 0. The van der Waals surface area contributed by atoms with Gasteiger partial charge in [-0.25, -0.2) is 0 Å². The molecule has 1 aliphatic rings. The van der Waals surface area contributed by atoms with E-state index in [1.54, 1.807) is 0 Å². The summed E-state index contributed by atoms with van der Waals surface area (Å²) in [5.74, 6) is 0.237. The molecular weight excluding hydrogens is 244 g/mol. The molecule has 0 spiro atoms. The van der Waals surface area contributed by atoms with Crippen molar-refractivity contribution in [1.82, 2.24) is 4.90 Å². The fraction of sp³-hybridized carbons (Fsp3) is 0.545. The highest BCUT2D eigenvalue weighted by Crippen LogP contribution is 2.13. The highest BCUT2D eigenvalue weighted by atomic mass is 35.5. The van der Waals surface area contributed by atoms with Gasteiger partial charge in [-0.15, -0.1) is 23.7 Å². The number of halogens is 1. The minimum Gasteiger partial charge on any atom is -0.328 e. The van der Waals surface area contributed by atoms with Gasteiger partial charge in [-0.2, -0.15) is 0 Å². The molecule has 2 N–H and O–H groups in total. The van der Waals surface area contributed by atoms with Crippen LogP contribution < -0.4 is 5.73 Å². The number of rotatable bonds is 3. The largest absolute Gasteiger partial charge is 0.328 e. The number of ketones is 1. The fourth-order valence-corrected chi connectivity index (χ4v) is 2.49. The van der Waals surface area contributed by atoms with Gasteiger partial charge in [0.1, 0.15) is 0 Å². The lowest BCUT2D eigenvalue weighted by Gasteiger charge is -2.29. The number of likely N-dealkylation sites (tertiary alicyclic amines) is 1. The Kier molecular flexibility index (Phi) is 5.41. The molecule has 1 saturated heterocycles. The summed E-state index contributed by atoms with van der Waals surface area (Å²) in [6.07, 6.45) is 2.02. The van der Waals surface area contributed by atoms with Crippen molar-refractivity contribution in [3.63, 3.8) is 0 Å². The second-order valence-corrected chi connectivity index (χ2v) is 4.96. The van der Waals surface area contributed by atoms with Crippen LogP contribution in [0.5, 0.6) is 0 Å². The van der Waals surface area contributed by atoms with Gasteiger partial charge in [-0.1, -0.05) is 6.07 Å². The maximum absolute atomic E-state index is 11.8. The van der Waals surface area contributed by atoms with Crippen LogP contribution in [0.15, 0.2) is 17.5 Å². The number of hydrogen-bond acceptors (Lipinski definition) is 4. The number of carbonyl (C=O) groups excluding carboxylic acids is 1. The second kappa shape index (κ2) is 6.35. The molecule has 5 heteroatoms. The Labute approximate surface area is 106 Å². The van der Waals surface area contributed by atoms with Gasteiger partial charge < -0.3 is 5.73 Å². The Balaban J connectivity index is 0.00000128. The van der Waals surface area contributed by atoms with E-state index in [1.165, 1.54) is 11.3 Å². The Morgan fingerprint density at radius 1 is 1.50 bits per heavy atom. The van der Waals surface area contributed by atoms with Crippen LogP contribution in [-0.2, 0) is 0 Å². The van der Waals surface area contributed by atoms with E-state index in [4.69, 9.17) is 5.73 Å². The first kappa shape index (κ1) is 13.6. The van der Waals surface area contributed by atoms with E-state index in [0.717, 1.165) is 30.8 Å². The zero-order valence-corrected chi connectivity index (χ0v) is 10.7. The van der Waals surface area contributed by atoms with Crippen LogP contribution >= 0.6 is 23.7 Å². The predicted molar refractivity (Wildman–Crippen MR) is 69.5 cm³/mol. The minimum absolute atomic E-state index is 0. The number of Topliss-reactive ketones (excluding diaryl/α,β-unsaturated/α-hetero) is 1. The van der Waals surface area contributed by atoms with Crippen molar-refractivity contribution in [3.05, 3.63) is 22.4 Å². The molecule has 2 rings (SSSR count). The first-order chi connectivity index (χ1) is 7.25. The van der Waals surface area contributed by atoms with Crippen molar-refractivity contribution >= 4 is 29.5 Å². The third-order valence-corrected chi connectivity index (χ3v) is 3.71. The lowest BCUT2D eigenvalue weighted by molar-refractivity contribution is 0.0914. The molecule has 1 aromatic heterocycles. The molecule has 1 fully saturated rings. The molecule has 0 aromatic carbocycles. The number of nitrogens with two attached hydrogens (primary N) is 1. The average molecular weight is 261 g/mol. The lowest BCUT2D eigenvalue weighted by Crippen LogP contribution is -2.41. The van der Waals surface area contributed by atoms with Crippen LogP contribution in [0.4, 0.5) is 0 Å². The molecule has 2 heterocycles. The van der Waals surface area contributed by atoms with Crippen LogP contribution in [-0.4, -0.2) is 36.4 Å². The molecule has 16 heavy (non-hydrogen) atoms. The zero-order valence-electron chi connectivity index (χ0n) is 9.09. The van der Waals surface area contributed by atoms with Crippen molar-refractivity contribution < 1.29 is 4.79 Å². The van der Waals surface area contributed by atoms with Gasteiger partial charge in [0.15, 0.2) is 5.78 Å². The summed E-state index contributed by atoms with van der Waals surface area (Å²) in [5, 5.41) is 1.94. The fourth-order valence-electron chi connectivity index (χ4n) is 1.83. The lowest BCUT2D eigenvalue weighted by atomic mass is 10.1. The number of nitrogens with zero attached hydrogens (tertiary/aromatic N) is 1. The summed E-state index contributed by atoms with van der Waals surface area (Å²) >= 11 is 1.52.